The number of benzene rings is 1. The maximum atomic E-state index is 14.3. The predicted molar refractivity (Wildman–Crippen MR) is 78.0 cm³/mol. The molecule has 0 atom stereocenters. The van der Waals surface area contributed by atoms with Gasteiger partial charge < -0.3 is 10.2 Å². The van der Waals surface area contributed by atoms with Gasteiger partial charge in [0, 0.05) is 12.5 Å². The van der Waals surface area contributed by atoms with Crippen LogP contribution in [0, 0.1) is 5.92 Å². The lowest BCUT2D eigenvalue weighted by atomic mass is 10.1. The summed E-state index contributed by atoms with van der Waals surface area (Å²) in [5, 5.41) is 19.1. The van der Waals surface area contributed by atoms with Crippen molar-refractivity contribution in [3.05, 3.63) is 23.9 Å². The number of halogens is 2. The van der Waals surface area contributed by atoms with Crippen molar-refractivity contribution in [3.63, 3.8) is 0 Å². The highest BCUT2D eigenvalue weighted by Gasteiger charge is 2.37. The minimum atomic E-state index is -3.20. The molecule has 0 aliphatic heterocycles. The molecular formula is C16H18F2N2O2. The lowest BCUT2D eigenvalue weighted by molar-refractivity contribution is -0.0225. The van der Waals surface area contributed by atoms with Crippen molar-refractivity contribution < 1.29 is 19.0 Å². The molecule has 22 heavy (non-hydrogen) atoms. The standard InChI is InChI=1S/C16H18F2N2O2/c17-16(18,8-2-1-3-10-4-5-10)14-15(22)20-13-9-11(21)6-7-12(13)19-14/h6-7,9-10,21H,1-5,8H2,(H,20,22). The van der Waals surface area contributed by atoms with Gasteiger partial charge in [-0.3, -0.25) is 0 Å². The van der Waals surface area contributed by atoms with Crippen LogP contribution in [0.1, 0.15) is 44.2 Å². The Morgan fingerprint density at radius 1 is 1.09 bits per heavy atom. The smallest absolute Gasteiger partial charge is 0.295 e. The molecular weight excluding hydrogens is 290 g/mol. The molecule has 0 bridgehead atoms. The Morgan fingerprint density at radius 3 is 2.59 bits per heavy atom. The first-order valence-corrected chi connectivity index (χ1v) is 7.54. The number of aromatic nitrogens is 2. The molecule has 1 fully saturated rings. The molecule has 0 unspecified atom stereocenters. The first kappa shape index (κ1) is 14.9. The van der Waals surface area contributed by atoms with Gasteiger partial charge in [-0.25, -0.2) is 9.97 Å². The average molecular weight is 308 g/mol. The van der Waals surface area contributed by atoms with Crippen LogP contribution in [-0.2, 0) is 5.92 Å². The highest BCUT2D eigenvalue weighted by molar-refractivity contribution is 5.76. The SMILES string of the molecule is Oc1ccc2nc(C(F)(F)CCCCC3CC3)c(O)nc2c1. The monoisotopic (exact) mass is 308 g/mol. The molecule has 1 heterocycles. The summed E-state index contributed by atoms with van der Waals surface area (Å²) < 4.78 is 28.5. The Bertz CT molecular complexity index is 687. The number of aromatic hydroxyl groups is 2. The molecule has 2 N–H and O–H groups in total. The number of unbranched alkanes of at least 4 members (excludes halogenated alkanes) is 1. The van der Waals surface area contributed by atoms with Crippen LogP contribution < -0.4 is 0 Å². The van der Waals surface area contributed by atoms with Gasteiger partial charge in [-0.05, 0) is 24.5 Å². The van der Waals surface area contributed by atoms with Gasteiger partial charge in [0.1, 0.15) is 5.75 Å². The highest BCUT2D eigenvalue weighted by Crippen LogP contribution is 2.39. The van der Waals surface area contributed by atoms with E-state index in [9.17, 15) is 19.0 Å². The van der Waals surface area contributed by atoms with Crippen LogP contribution in [0.15, 0.2) is 18.2 Å². The first-order chi connectivity index (χ1) is 10.5. The van der Waals surface area contributed by atoms with Crippen LogP contribution in [0.3, 0.4) is 0 Å². The van der Waals surface area contributed by atoms with Gasteiger partial charge in [-0.15, -0.1) is 0 Å². The van der Waals surface area contributed by atoms with Crippen molar-refractivity contribution >= 4 is 11.0 Å². The van der Waals surface area contributed by atoms with Crippen LogP contribution >= 0.6 is 0 Å². The number of nitrogens with zero attached hydrogens (tertiary/aromatic N) is 2. The molecule has 3 rings (SSSR count). The van der Waals surface area contributed by atoms with E-state index in [1.54, 1.807) is 0 Å². The minimum Gasteiger partial charge on any atom is -0.508 e. The molecule has 2 aromatic rings. The third-order valence-corrected chi connectivity index (χ3v) is 4.03. The van der Waals surface area contributed by atoms with E-state index < -0.39 is 17.5 Å². The van der Waals surface area contributed by atoms with Crippen LogP contribution in [0.2, 0.25) is 0 Å². The molecule has 4 nitrogen and oxygen atoms in total. The summed E-state index contributed by atoms with van der Waals surface area (Å²) in [5.74, 6) is -3.30. The van der Waals surface area contributed by atoms with E-state index in [0.717, 1.165) is 18.8 Å². The van der Waals surface area contributed by atoms with Crippen molar-refractivity contribution in [2.24, 2.45) is 5.92 Å². The number of hydrogen-bond acceptors (Lipinski definition) is 4. The zero-order valence-corrected chi connectivity index (χ0v) is 12.1. The van der Waals surface area contributed by atoms with Crippen molar-refractivity contribution in [1.82, 2.24) is 9.97 Å². The zero-order valence-electron chi connectivity index (χ0n) is 12.1. The molecule has 1 aliphatic carbocycles. The zero-order chi connectivity index (χ0) is 15.7. The fourth-order valence-electron chi connectivity index (χ4n) is 2.58. The normalized spacial score (nSPS) is 15.4. The first-order valence-electron chi connectivity index (χ1n) is 7.54. The summed E-state index contributed by atoms with van der Waals surface area (Å²) in [4.78, 5) is 7.56. The Labute approximate surface area is 126 Å². The molecule has 1 aromatic heterocycles. The summed E-state index contributed by atoms with van der Waals surface area (Å²) in [6, 6.07) is 4.04. The van der Waals surface area contributed by atoms with E-state index in [0.29, 0.717) is 6.42 Å². The average Bonchev–Trinajstić information content (AvgIpc) is 3.26. The maximum Gasteiger partial charge on any atom is 0.295 e. The molecule has 118 valence electrons. The Morgan fingerprint density at radius 2 is 1.86 bits per heavy atom. The van der Waals surface area contributed by atoms with Gasteiger partial charge in [0.2, 0.25) is 5.88 Å². The van der Waals surface area contributed by atoms with Crippen molar-refractivity contribution in [3.8, 4) is 11.6 Å². The van der Waals surface area contributed by atoms with Crippen LogP contribution in [0.5, 0.6) is 11.6 Å². The maximum absolute atomic E-state index is 14.3. The minimum absolute atomic E-state index is 0.0548. The topological polar surface area (TPSA) is 66.2 Å². The third-order valence-electron chi connectivity index (χ3n) is 4.03. The second-order valence-corrected chi connectivity index (χ2v) is 5.96. The predicted octanol–water partition coefficient (Wildman–Crippen LogP) is 4.10. The highest BCUT2D eigenvalue weighted by atomic mass is 19.3. The second kappa shape index (κ2) is 5.66. The van der Waals surface area contributed by atoms with E-state index >= 15 is 0 Å². The Kier molecular flexibility index (Phi) is 3.85. The Balaban J connectivity index is 1.77. The van der Waals surface area contributed by atoms with Gasteiger partial charge in [0.25, 0.3) is 5.92 Å². The second-order valence-electron chi connectivity index (χ2n) is 5.96. The quantitative estimate of drug-likeness (QED) is 0.788. The summed E-state index contributed by atoms with van der Waals surface area (Å²) >= 11 is 0. The molecule has 0 amide bonds. The molecule has 0 radical (unpaired) electrons. The van der Waals surface area contributed by atoms with Crippen LogP contribution in [0.4, 0.5) is 8.78 Å². The molecule has 1 aliphatic rings. The van der Waals surface area contributed by atoms with E-state index in [1.165, 1.54) is 31.0 Å². The van der Waals surface area contributed by atoms with E-state index in [1.807, 2.05) is 0 Å². The lowest BCUT2D eigenvalue weighted by Gasteiger charge is -2.16. The fraction of sp³-hybridized carbons (Fsp3) is 0.500. The van der Waals surface area contributed by atoms with Gasteiger partial charge in [-0.2, -0.15) is 8.78 Å². The largest absolute Gasteiger partial charge is 0.508 e. The fourth-order valence-corrected chi connectivity index (χ4v) is 2.58. The lowest BCUT2D eigenvalue weighted by Crippen LogP contribution is -2.16. The van der Waals surface area contributed by atoms with Crippen molar-refractivity contribution in [2.75, 3.05) is 0 Å². The van der Waals surface area contributed by atoms with Crippen molar-refractivity contribution in [2.45, 2.75) is 44.4 Å². The van der Waals surface area contributed by atoms with Crippen molar-refractivity contribution in [1.29, 1.82) is 0 Å². The molecule has 1 saturated carbocycles. The molecule has 1 aromatic carbocycles. The summed E-state index contributed by atoms with van der Waals surface area (Å²) in [5.41, 5.74) is -0.272. The van der Waals surface area contributed by atoms with E-state index in [2.05, 4.69) is 9.97 Å². The number of alkyl halides is 2. The van der Waals surface area contributed by atoms with Crippen LogP contribution in [-0.4, -0.2) is 20.2 Å². The summed E-state index contributed by atoms with van der Waals surface area (Å²) in [6.07, 6.45) is 4.28. The molecule has 6 heteroatoms. The Hall–Kier alpha value is -1.98. The van der Waals surface area contributed by atoms with Gasteiger partial charge in [0.15, 0.2) is 5.69 Å². The number of rotatable bonds is 6. The van der Waals surface area contributed by atoms with Gasteiger partial charge in [-0.1, -0.05) is 25.7 Å². The van der Waals surface area contributed by atoms with Gasteiger partial charge in [0.05, 0.1) is 11.0 Å². The van der Waals surface area contributed by atoms with Gasteiger partial charge >= 0.3 is 0 Å². The number of hydrogen-bond donors (Lipinski definition) is 2. The molecule has 0 saturated heterocycles. The third kappa shape index (κ3) is 3.26. The van der Waals surface area contributed by atoms with E-state index in [4.69, 9.17) is 0 Å². The van der Waals surface area contributed by atoms with Crippen LogP contribution in [0.25, 0.3) is 11.0 Å². The number of phenolic OH excluding ortho intramolecular Hbond substituents is 1. The number of phenols is 1. The van der Waals surface area contributed by atoms with E-state index in [-0.39, 0.29) is 23.2 Å². The summed E-state index contributed by atoms with van der Waals surface area (Å²) in [6.45, 7) is 0. The number of fused-ring (bicyclic) bond motifs is 1. The molecule has 0 spiro atoms. The summed E-state index contributed by atoms with van der Waals surface area (Å²) in [7, 11) is 0.